The van der Waals surface area contributed by atoms with Gasteiger partial charge in [-0.15, -0.1) is 11.6 Å². The van der Waals surface area contributed by atoms with Crippen molar-refractivity contribution >= 4 is 17.3 Å². The number of aromatic nitrogens is 1. The zero-order valence-corrected chi connectivity index (χ0v) is 11.1. The van der Waals surface area contributed by atoms with Crippen LogP contribution in [0, 0.1) is 12.3 Å². The first kappa shape index (κ1) is 13.3. The van der Waals surface area contributed by atoms with Gasteiger partial charge in [0.15, 0.2) is 0 Å². The molecule has 0 spiro atoms. The molecule has 16 heavy (non-hydrogen) atoms. The fourth-order valence-corrected chi connectivity index (χ4v) is 2.16. The Labute approximate surface area is 103 Å². The van der Waals surface area contributed by atoms with Gasteiger partial charge in [-0.2, -0.15) is 0 Å². The van der Waals surface area contributed by atoms with E-state index in [1.54, 1.807) is 0 Å². The fraction of sp³-hybridized carbons (Fsp3) is 0.615. The number of hydrogen-bond acceptors (Lipinski definition) is 2. The summed E-state index contributed by atoms with van der Waals surface area (Å²) in [6.07, 6.45) is 5.90. The quantitative estimate of drug-likeness (QED) is 0.764. The average Bonchev–Trinajstić information content (AvgIpc) is 2.34. The van der Waals surface area contributed by atoms with Crippen molar-refractivity contribution in [1.29, 1.82) is 0 Å². The van der Waals surface area contributed by atoms with Crippen LogP contribution in [0.1, 0.15) is 32.3 Å². The molecule has 1 rings (SSSR count). The highest BCUT2D eigenvalue weighted by atomic mass is 35.5. The first-order valence-electron chi connectivity index (χ1n) is 5.88. The van der Waals surface area contributed by atoms with E-state index in [1.165, 1.54) is 5.56 Å². The van der Waals surface area contributed by atoms with Crippen molar-refractivity contribution in [2.45, 2.75) is 33.6 Å². The third kappa shape index (κ3) is 3.11. The number of anilines is 1. The molecule has 0 aliphatic carbocycles. The number of nitrogens with zero attached hydrogens (tertiary/aromatic N) is 1. The molecule has 0 atom stereocenters. The minimum Gasteiger partial charge on any atom is -0.384 e. The molecule has 2 nitrogen and oxygen atoms in total. The monoisotopic (exact) mass is 240 g/mol. The number of aryl methyl sites for hydroxylation is 1. The van der Waals surface area contributed by atoms with Gasteiger partial charge in [-0.1, -0.05) is 13.8 Å². The Bertz CT molecular complexity index is 313. The van der Waals surface area contributed by atoms with Gasteiger partial charge in [-0.25, -0.2) is 0 Å². The summed E-state index contributed by atoms with van der Waals surface area (Å²) in [5, 5.41) is 3.48. The van der Waals surface area contributed by atoms with Crippen molar-refractivity contribution < 1.29 is 0 Å². The summed E-state index contributed by atoms with van der Waals surface area (Å²) in [7, 11) is 0. The molecule has 0 bridgehead atoms. The number of rotatable bonds is 6. The largest absolute Gasteiger partial charge is 0.384 e. The SMILES string of the molecule is CCC(CC)(CCl)CNc1ccncc1C. The Morgan fingerprint density at radius 3 is 2.56 bits per heavy atom. The number of hydrogen-bond donors (Lipinski definition) is 1. The van der Waals surface area contributed by atoms with E-state index < -0.39 is 0 Å². The van der Waals surface area contributed by atoms with Crippen molar-refractivity contribution in [2.75, 3.05) is 17.7 Å². The highest BCUT2D eigenvalue weighted by molar-refractivity contribution is 6.18. The van der Waals surface area contributed by atoms with Crippen molar-refractivity contribution in [2.24, 2.45) is 5.41 Å². The summed E-state index contributed by atoms with van der Waals surface area (Å²) in [6, 6.07) is 2.01. The van der Waals surface area contributed by atoms with Crippen molar-refractivity contribution in [1.82, 2.24) is 4.98 Å². The average molecular weight is 241 g/mol. The molecule has 90 valence electrons. The zero-order chi connectivity index (χ0) is 12.0. The van der Waals surface area contributed by atoms with E-state index in [4.69, 9.17) is 11.6 Å². The molecule has 0 unspecified atom stereocenters. The molecular weight excluding hydrogens is 220 g/mol. The first-order chi connectivity index (χ1) is 7.67. The Hall–Kier alpha value is -0.760. The Morgan fingerprint density at radius 1 is 1.38 bits per heavy atom. The third-order valence-electron chi connectivity index (χ3n) is 3.46. The van der Waals surface area contributed by atoms with Crippen LogP contribution in [0.15, 0.2) is 18.5 Å². The van der Waals surface area contributed by atoms with Gasteiger partial charge in [0.05, 0.1) is 0 Å². The molecule has 1 aromatic rings. The summed E-state index contributed by atoms with van der Waals surface area (Å²) in [6.45, 7) is 7.39. The highest BCUT2D eigenvalue weighted by Crippen LogP contribution is 2.28. The molecule has 0 saturated carbocycles. The van der Waals surface area contributed by atoms with Gasteiger partial charge >= 0.3 is 0 Å². The second-order valence-corrected chi connectivity index (χ2v) is 4.65. The molecule has 0 amide bonds. The molecule has 3 heteroatoms. The van der Waals surface area contributed by atoms with E-state index >= 15 is 0 Å². The van der Waals surface area contributed by atoms with Crippen LogP contribution in [-0.4, -0.2) is 17.4 Å². The zero-order valence-electron chi connectivity index (χ0n) is 10.4. The molecule has 0 radical (unpaired) electrons. The molecule has 0 aromatic carbocycles. The molecule has 0 saturated heterocycles. The lowest BCUT2D eigenvalue weighted by molar-refractivity contribution is 0.327. The van der Waals surface area contributed by atoms with Crippen LogP contribution in [0.25, 0.3) is 0 Å². The normalized spacial score (nSPS) is 11.5. The van der Waals surface area contributed by atoms with Crippen LogP contribution in [-0.2, 0) is 0 Å². The third-order valence-corrected chi connectivity index (χ3v) is 4.02. The minimum absolute atomic E-state index is 0.206. The molecule has 1 aromatic heterocycles. The Balaban J connectivity index is 2.66. The van der Waals surface area contributed by atoms with E-state index in [-0.39, 0.29) is 5.41 Å². The Kier molecular flexibility index (Phi) is 5.07. The molecule has 1 heterocycles. The van der Waals surface area contributed by atoms with Crippen LogP contribution in [0.2, 0.25) is 0 Å². The highest BCUT2D eigenvalue weighted by Gasteiger charge is 2.24. The lowest BCUT2D eigenvalue weighted by atomic mass is 9.84. The van der Waals surface area contributed by atoms with Crippen molar-refractivity contribution in [3.05, 3.63) is 24.0 Å². The van der Waals surface area contributed by atoms with E-state index in [0.717, 1.165) is 25.1 Å². The number of pyridine rings is 1. The molecular formula is C13H21ClN2. The summed E-state index contributed by atoms with van der Waals surface area (Å²) >= 11 is 6.08. The van der Waals surface area contributed by atoms with Gasteiger partial charge in [-0.05, 0) is 31.4 Å². The maximum absolute atomic E-state index is 6.08. The number of alkyl halides is 1. The summed E-state index contributed by atoms with van der Waals surface area (Å²) in [5.74, 6) is 0.705. The molecule has 1 N–H and O–H groups in total. The van der Waals surface area contributed by atoms with Crippen LogP contribution in [0.5, 0.6) is 0 Å². The maximum Gasteiger partial charge on any atom is 0.0400 e. The van der Waals surface area contributed by atoms with Crippen LogP contribution in [0.4, 0.5) is 5.69 Å². The predicted molar refractivity (Wildman–Crippen MR) is 71.2 cm³/mol. The minimum atomic E-state index is 0.206. The van der Waals surface area contributed by atoms with E-state index in [9.17, 15) is 0 Å². The van der Waals surface area contributed by atoms with Crippen molar-refractivity contribution in [3.63, 3.8) is 0 Å². The van der Waals surface area contributed by atoms with Gasteiger partial charge in [-0.3, -0.25) is 4.98 Å². The van der Waals surface area contributed by atoms with Crippen LogP contribution in [0.3, 0.4) is 0 Å². The van der Waals surface area contributed by atoms with Gasteiger partial charge in [0, 0.05) is 35.9 Å². The van der Waals surface area contributed by atoms with E-state index in [2.05, 4.69) is 31.1 Å². The fourth-order valence-electron chi connectivity index (χ4n) is 1.69. The number of halogens is 1. The second kappa shape index (κ2) is 6.09. The van der Waals surface area contributed by atoms with Crippen LogP contribution >= 0.6 is 11.6 Å². The maximum atomic E-state index is 6.08. The van der Waals surface area contributed by atoms with Crippen LogP contribution < -0.4 is 5.32 Å². The topological polar surface area (TPSA) is 24.9 Å². The summed E-state index contributed by atoms with van der Waals surface area (Å²) in [5.41, 5.74) is 2.54. The second-order valence-electron chi connectivity index (χ2n) is 4.38. The molecule has 0 fully saturated rings. The van der Waals surface area contributed by atoms with Gasteiger partial charge in [0.25, 0.3) is 0 Å². The van der Waals surface area contributed by atoms with Gasteiger partial charge < -0.3 is 5.32 Å². The van der Waals surface area contributed by atoms with E-state index in [1.807, 2.05) is 18.5 Å². The first-order valence-corrected chi connectivity index (χ1v) is 6.41. The Morgan fingerprint density at radius 2 is 2.06 bits per heavy atom. The van der Waals surface area contributed by atoms with E-state index in [0.29, 0.717) is 5.88 Å². The van der Waals surface area contributed by atoms with Crippen molar-refractivity contribution in [3.8, 4) is 0 Å². The molecule has 0 aliphatic heterocycles. The smallest absolute Gasteiger partial charge is 0.0400 e. The lowest BCUT2D eigenvalue weighted by Gasteiger charge is -2.30. The van der Waals surface area contributed by atoms with Gasteiger partial charge in [0.1, 0.15) is 0 Å². The summed E-state index contributed by atoms with van der Waals surface area (Å²) < 4.78 is 0. The standard InChI is InChI=1S/C13H21ClN2/c1-4-13(5-2,9-14)10-16-12-6-7-15-8-11(12)3/h6-8H,4-5,9-10H2,1-3H3,(H,15,16). The van der Waals surface area contributed by atoms with Gasteiger partial charge in [0.2, 0.25) is 0 Å². The number of nitrogens with one attached hydrogen (secondary N) is 1. The molecule has 0 aliphatic rings. The predicted octanol–water partition coefficient (Wildman–Crippen LogP) is 3.85. The summed E-state index contributed by atoms with van der Waals surface area (Å²) in [4.78, 5) is 4.08. The lowest BCUT2D eigenvalue weighted by Crippen LogP contribution is -2.30.